The third kappa shape index (κ3) is 4.19. The van der Waals surface area contributed by atoms with Gasteiger partial charge in [-0.1, -0.05) is 54.1 Å². The predicted octanol–water partition coefficient (Wildman–Crippen LogP) is 5.72. The Morgan fingerprint density at radius 1 is 0.885 bits per heavy atom. The van der Waals surface area contributed by atoms with E-state index in [4.69, 9.17) is 4.74 Å². The lowest BCUT2D eigenvalue weighted by molar-refractivity contribution is -0.130. The first-order valence-electron chi connectivity index (χ1n) is 8.38. The van der Waals surface area contributed by atoms with Crippen molar-refractivity contribution >= 4 is 17.6 Å². The summed E-state index contributed by atoms with van der Waals surface area (Å²) in [4.78, 5) is 11.8. The van der Waals surface area contributed by atoms with Crippen molar-refractivity contribution in [2.75, 3.05) is 0 Å². The van der Waals surface area contributed by atoms with E-state index in [0.717, 1.165) is 28.0 Å². The second-order valence-corrected chi connectivity index (χ2v) is 6.17. The lowest BCUT2D eigenvalue weighted by Crippen LogP contribution is -2.02. The van der Waals surface area contributed by atoms with Crippen LogP contribution in [0.5, 0.6) is 11.5 Å². The van der Waals surface area contributed by atoms with Gasteiger partial charge in [-0.05, 0) is 60.9 Å². The van der Waals surface area contributed by atoms with E-state index < -0.39 is 5.97 Å². The van der Waals surface area contributed by atoms with E-state index in [0.29, 0.717) is 5.75 Å². The maximum atomic E-state index is 11.8. The van der Waals surface area contributed by atoms with E-state index in [1.165, 1.54) is 0 Å². The highest BCUT2D eigenvalue weighted by molar-refractivity contribution is 6.21. The van der Waals surface area contributed by atoms with Gasteiger partial charge in [-0.3, -0.25) is 0 Å². The van der Waals surface area contributed by atoms with E-state index in [1.54, 1.807) is 6.08 Å². The molecule has 0 amide bonds. The van der Waals surface area contributed by atoms with E-state index in [-0.39, 0.29) is 5.57 Å². The van der Waals surface area contributed by atoms with Crippen molar-refractivity contribution in [2.45, 2.75) is 13.8 Å². The molecule has 0 fully saturated rings. The summed E-state index contributed by atoms with van der Waals surface area (Å²) in [7, 11) is 0. The van der Waals surface area contributed by atoms with Crippen molar-refractivity contribution in [3.05, 3.63) is 95.1 Å². The predicted molar refractivity (Wildman–Crippen MR) is 104 cm³/mol. The van der Waals surface area contributed by atoms with E-state index in [2.05, 4.69) is 0 Å². The van der Waals surface area contributed by atoms with Gasteiger partial charge in [-0.25, -0.2) is 4.79 Å². The summed E-state index contributed by atoms with van der Waals surface area (Å²) >= 11 is 0. The Morgan fingerprint density at radius 2 is 1.62 bits per heavy atom. The third-order valence-electron chi connectivity index (χ3n) is 4.05. The number of ether oxygens (including phenoxy) is 1. The Hall–Kier alpha value is -3.33. The lowest BCUT2D eigenvalue weighted by atomic mass is 9.97. The Morgan fingerprint density at radius 3 is 2.31 bits per heavy atom. The van der Waals surface area contributed by atoms with Crippen LogP contribution in [0.15, 0.2) is 72.8 Å². The van der Waals surface area contributed by atoms with Gasteiger partial charge in [0, 0.05) is 0 Å². The average Bonchev–Trinajstić information content (AvgIpc) is 2.61. The Labute approximate surface area is 153 Å². The zero-order chi connectivity index (χ0) is 18.5. The summed E-state index contributed by atoms with van der Waals surface area (Å²) < 4.78 is 5.83. The van der Waals surface area contributed by atoms with Crippen molar-refractivity contribution in [1.82, 2.24) is 0 Å². The highest BCUT2D eigenvalue weighted by Gasteiger charge is 2.13. The van der Waals surface area contributed by atoms with E-state index in [9.17, 15) is 9.90 Å². The number of hydrogen-bond donors (Lipinski definition) is 1. The minimum absolute atomic E-state index is 0.263. The monoisotopic (exact) mass is 344 g/mol. The number of carbonyl (C=O) groups is 1. The van der Waals surface area contributed by atoms with Crippen molar-refractivity contribution in [3.8, 4) is 11.5 Å². The normalized spacial score (nSPS) is 11.2. The molecule has 0 aliphatic carbocycles. The lowest BCUT2D eigenvalue weighted by Gasteiger charge is -2.09. The minimum atomic E-state index is -0.952. The molecular weight excluding hydrogens is 324 g/mol. The molecule has 26 heavy (non-hydrogen) atoms. The minimum Gasteiger partial charge on any atom is -0.478 e. The maximum absolute atomic E-state index is 11.8. The topological polar surface area (TPSA) is 46.5 Å². The molecule has 0 saturated carbocycles. The molecule has 0 aromatic heterocycles. The molecule has 3 aromatic carbocycles. The number of para-hydroxylation sites is 1. The molecule has 0 radical (unpaired) electrons. The number of aliphatic carboxylic acids is 1. The molecular formula is C23H20O3. The molecule has 130 valence electrons. The Bertz CT molecular complexity index is 956. The van der Waals surface area contributed by atoms with Crippen LogP contribution < -0.4 is 4.74 Å². The standard InChI is InChI=1S/C23H20O3/c1-16-11-12-21(17(2)13-16)22(23(24)25)15-18-7-6-10-20(14-18)26-19-8-4-3-5-9-19/h3-15H,1-2H3,(H,24,25)/b22-15-. The fourth-order valence-corrected chi connectivity index (χ4v) is 2.83. The number of aryl methyl sites for hydroxylation is 2. The van der Waals surface area contributed by atoms with Crippen LogP contribution in [0.1, 0.15) is 22.3 Å². The molecule has 0 spiro atoms. The van der Waals surface area contributed by atoms with Gasteiger partial charge in [-0.15, -0.1) is 0 Å². The van der Waals surface area contributed by atoms with Gasteiger partial charge >= 0.3 is 5.97 Å². The van der Waals surface area contributed by atoms with Crippen LogP contribution in [0.3, 0.4) is 0 Å². The second-order valence-electron chi connectivity index (χ2n) is 6.17. The third-order valence-corrected chi connectivity index (χ3v) is 4.05. The maximum Gasteiger partial charge on any atom is 0.336 e. The smallest absolute Gasteiger partial charge is 0.336 e. The summed E-state index contributed by atoms with van der Waals surface area (Å²) in [6, 6.07) is 22.7. The van der Waals surface area contributed by atoms with Gasteiger partial charge in [-0.2, -0.15) is 0 Å². The average molecular weight is 344 g/mol. The fourth-order valence-electron chi connectivity index (χ4n) is 2.83. The first-order valence-corrected chi connectivity index (χ1v) is 8.38. The van der Waals surface area contributed by atoms with Crippen molar-refractivity contribution < 1.29 is 14.6 Å². The van der Waals surface area contributed by atoms with Crippen LogP contribution in [0, 0.1) is 13.8 Å². The number of hydrogen-bond acceptors (Lipinski definition) is 2. The molecule has 0 atom stereocenters. The molecule has 3 rings (SSSR count). The molecule has 3 nitrogen and oxygen atoms in total. The number of benzene rings is 3. The molecule has 0 unspecified atom stereocenters. The van der Waals surface area contributed by atoms with E-state index >= 15 is 0 Å². The number of carboxylic acids is 1. The SMILES string of the molecule is Cc1ccc(/C(=C/c2cccc(Oc3ccccc3)c2)C(=O)O)c(C)c1. The summed E-state index contributed by atoms with van der Waals surface area (Å²) in [6.07, 6.45) is 1.68. The molecule has 0 aliphatic rings. The van der Waals surface area contributed by atoms with E-state index in [1.807, 2.05) is 86.6 Å². The second kappa shape index (κ2) is 7.70. The highest BCUT2D eigenvalue weighted by Crippen LogP contribution is 2.26. The van der Waals surface area contributed by atoms with Crippen LogP contribution in [0.2, 0.25) is 0 Å². The molecule has 3 aromatic rings. The van der Waals surface area contributed by atoms with Gasteiger partial charge < -0.3 is 9.84 Å². The molecule has 0 saturated heterocycles. The first-order chi connectivity index (χ1) is 12.5. The zero-order valence-corrected chi connectivity index (χ0v) is 14.8. The molecule has 0 heterocycles. The molecule has 0 bridgehead atoms. The van der Waals surface area contributed by atoms with Crippen molar-refractivity contribution in [2.24, 2.45) is 0 Å². The van der Waals surface area contributed by atoms with Crippen LogP contribution in [-0.4, -0.2) is 11.1 Å². The number of rotatable bonds is 5. The quantitative estimate of drug-likeness (QED) is 0.475. The van der Waals surface area contributed by atoms with Gasteiger partial charge in [0.15, 0.2) is 0 Å². The van der Waals surface area contributed by atoms with Crippen molar-refractivity contribution in [3.63, 3.8) is 0 Å². The molecule has 0 aliphatic heterocycles. The van der Waals surface area contributed by atoms with Gasteiger partial charge in [0.1, 0.15) is 11.5 Å². The van der Waals surface area contributed by atoms with Crippen LogP contribution in [-0.2, 0) is 4.79 Å². The molecule has 3 heteroatoms. The molecule has 1 N–H and O–H groups in total. The van der Waals surface area contributed by atoms with Crippen LogP contribution in [0.25, 0.3) is 11.6 Å². The summed E-state index contributed by atoms with van der Waals surface area (Å²) in [5, 5.41) is 9.69. The van der Waals surface area contributed by atoms with Crippen LogP contribution in [0.4, 0.5) is 0 Å². The summed E-state index contributed by atoms with van der Waals surface area (Å²) in [5.41, 5.74) is 3.80. The van der Waals surface area contributed by atoms with Crippen molar-refractivity contribution in [1.29, 1.82) is 0 Å². The highest BCUT2D eigenvalue weighted by atomic mass is 16.5. The Kier molecular flexibility index (Phi) is 5.18. The summed E-state index contributed by atoms with van der Waals surface area (Å²) in [6.45, 7) is 3.92. The fraction of sp³-hybridized carbons (Fsp3) is 0.0870. The Balaban J connectivity index is 1.96. The van der Waals surface area contributed by atoms with Gasteiger partial charge in [0.2, 0.25) is 0 Å². The zero-order valence-electron chi connectivity index (χ0n) is 14.8. The van der Waals surface area contributed by atoms with Gasteiger partial charge in [0.05, 0.1) is 5.57 Å². The first kappa shape index (κ1) is 17.5. The van der Waals surface area contributed by atoms with Crippen LogP contribution >= 0.6 is 0 Å². The number of carboxylic acid groups (broad SMARTS) is 1. The largest absolute Gasteiger partial charge is 0.478 e. The van der Waals surface area contributed by atoms with Gasteiger partial charge in [0.25, 0.3) is 0 Å². The summed E-state index contributed by atoms with van der Waals surface area (Å²) in [5.74, 6) is 0.447.